The molecule has 60 heavy (non-hydrogen) atoms. The van der Waals surface area contributed by atoms with E-state index >= 15 is 0 Å². The Bertz CT molecular complexity index is 1580. The molecule has 4 saturated carbocycles. The van der Waals surface area contributed by atoms with Gasteiger partial charge in [0.15, 0.2) is 18.9 Å². The van der Waals surface area contributed by atoms with E-state index in [1.54, 1.807) is 13.0 Å². The molecule has 0 aromatic heterocycles. The summed E-state index contributed by atoms with van der Waals surface area (Å²) in [6, 6.07) is 0. The van der Waals surface area contributed by atoms with Crippen LogP contribution in [0.1, 0.15) is 85.0 Å². The summed E-state index contributed by atoms with van der Waals surface area (Å²) in [6.07, 6.45) is -10.6. The summed E-state index contributed by atoms with van der Waals surface area (Å²) >= 11 is 0. The first-order valence-electron chi connectivity index (χ1n) is 21.8. The van der Waals surface area contributed by atoms with Crippen LogP contribution in [0.5, 0.6) is 0 Å². The third-order valence-corrected chi connectivity index (χ3v) is 16.6. The molecule has 8 aliphatic rings. The Morgan fingerprint density at radius 3 is 2.12 bits per heavy atom. The van der Waals surface area contributed by atoms with Crippen LogP contribution in [-0.2, 0) is 42.7 Å². The average molecular weight is 859 g/mol. The first-order valence-corrected chi connectivity index (χ1v) is 21.8. The summed E-state index contributed by atoms with van der Waals surface area (Å²) in [4.78, 5) is 12.0. The molecule has 0 unspecified atom stereocenters. The number of carbonyl (C=O) groups is 1. The molecule has 7 fully saturated rings. The van der Waals surface area contributed by atoms with Gasteiger partial charge in [-0.15, -0.1) is 0 Å². The standard InChI is InChI=1S/C42H66O18/c1-19-36(60-38-35(50)33(48)31(46)27(59-38)18-55-37-34(49)32(47)30(45)26(16-43)58-37)25(53-4)14-29(56-19)57-21-5-9-39(2)23-6-10-40(3)22(20-13-28(44)54-17-20)8-12-42(40,52)24(23)7-11-41(39,51)15-21/h13,19,21-27,29-38,43,45-52H,5-12,14-18H2,1-4H3/t19-,21+,22-,23+,24-,25+,26-,27-,29+,30-,31-,32+,33+,34-,35-,36-,37-,38+,39-,40-,41+,42+/m1/s1. The molecular weight excluding hydrogens is 792 g/mol. The van der Waals surface area contributed by atoms with Crippen LogP contribution < -0.4 is 0 Å². The molecule has 342 valence electrons. The van der Waals surface area contributed by atoms with Gasteiger partial charge < -0.3 is 83.9 Å². The van der Waals surface area contributed by atoms with E-state index in [2.05, 4.69) is 13.8 Å². The summed E-state index contributed by atoms with van der Waals surface area (Å²) < 4.78 is 47.0. The lowest BCUT2D eigenvalue weighted by molar-refractivity contribution is -0.355. The minimum absolute atomic E-state index is 0.0332. The van der Waals surface area contributed by atoms with Crippen LogP contribution in [0.25, 0.3) is 0 Å². The molecule has 0 aromatic rings. The van der Waals surface area contributed by atoms with Crippen LogP contribution >= 0.6 is 0 Å². The zero-order chi connectivity index (χ0) is 43.1. The molecule has 8 rings (SSSR count). The van der Waals surface area contributed by atoms with Gasteiger partial charge in [0.05, 0.1) is 42.7 Å². The molecule has 9 N–H and O–H groups in total. The van der Waals surface area contributed by atoms with Crippen LogP contribution in [0, 0.1) is 28.6 Å². The van der Waals surface area contributed by atoms with Gasteiger partial charge in [-0.25, -0.2) is 4.79 Å². The van der Waals surface area contributed by atoms with Crippen molar-refractivity contribution in [1.82, 2.24) is 0 Å². The summed E-state index contributed by atoms with van der Waals surface area (Å²) in [5, 5.41) is 97.5. The van der Waals surface area contributed by atoms with Crippen molar-refractivity contribution in [3.05, 3.63) is 11.6 Å². The Morgan fingerprint density at radius 1 is 0.767 bits per heavy atom. The van der Waals surface area contributed by atoms with Gasteiger partial charge in [-0.05, 0) is 87.0 Å². The van der Waals surface area contributed by atoms with Gasteiger partial charge in [0.1, 0.15) is 61.5 Å². The largest absolute Gasteiger partial charge is 0.458 e. The number of aliphatic hydroxyl groups excluding tert-OH is 7. The minimum atomic E-state index is -1.73. The number of methoxy groups -OCH3 is 1. The van der Waals surface area contributed by atoms with Crippen LogP contribution in [0.4, 0.5) is 0 Å². The molecule has 3 saturated heterocycles. The number of hydrogen-bond acceptors (Lipinski definition) is 18. The highest BCUT2D eigenvalue weighted by Gasteiger charge is 2.70. The van der Waals surface area contributed by atoms with E-state index in [-0.39, 0.29) is 41.7 Å². The second kappa shape index (κ2) is 16.8. The smallest absolute Gasteiger partial charge is 0.331 e. The number of rotatable bonds is 10. The fraction of sp³-hybridized carbons (Fsp3) is 0.929. The zero-order valence-corrected chi connectivity index (χ0v) is 34.9. The lowest BCUT2D eigenvalue weighted by Gasteiger charge is -2.66. The Labute approximate surface area is 349 Å². The van der Waals surface area contributed by atoms with Gasteiger partial charge in [0.2, 0.25) is 0 Å². The van der Waals surface area contributed by atoms with Crippen molar-refractivity contribution in [1.29, 1.82) is 0 Å². The number of fused-ring (bicyclic) bond motifs is 5. The first-order chi connectivity index (χ1) is 28.4. The highest BCUT2D eigenvalue weighted by molar-refractivity contribution is 5.85. The Balaban J connectivity index is 0.873. The van der Waals surface area contributed by atoms with Gasteiger partial charge in [-0.1, -0.05) is 13.8 Å². The molecule has 0 radical (unpaired) electrons. The van der Waals surface area contributed by atoms with Gasteiger partial charge in [-0.3, -0.25) is 0 Å². The maximum Gasteiger partial charge on any atom is 0.331 e. The SMILES string of the molecule is CO[C@H]1C[C@H](O[C@H]2CC[C@]3(C)[C@H]4CC[C@]5(C)[C@@H](C6=CC(=O)OC6)CC[C@]5(O)[C@@H]4CC[C@]3(O)C2)O[C@H](C)[C@H]1O[C@@H]1O[C@H](CO[C@@H]2O[C@H](CO)[C@@H](O)[C@H](O)[C@H]2O)[C@@H](O)[C@H](O)[C@H]1O. The molecule has 0 bridgehead atoms. The van der Waals surface area contributed by atoms with E-state index in [4.69, 9.17) is 37.9 Å². The van der Waals surface area contributed by atoms with Crippen LogP contribution in [-0.4, -0.2) is 182 Å². The highest BCUT2D eigenvalue weighted by Crippen LogP contribution is 2.70. The summed E-state index contributed by atoms with van der Waals surface area (Å²) in [6.45, 7) is 5.26. The second-order valence-electron chi connectivity index (χ2n) is 19.4. The number of cyclic esters (lactones) is 1. The molecule has 4 heterocycles. The normalized spacial score (nSPS) is 54.4. The average Bonchev–Trinajstić information content (AvgIpc) is 3.77. The Kier molecular flexibility index (Phi) is 12.7. The third kappa shape index (κ3) is 7.41. The molecule has 0 aromatic carbocycles. The van der Waals surface area contributed by atoms with E-state index in [0.29, 0.717) is 45.1 Å². The lowest BCUT2D eigenvalue weighted by atomic mass is 9.42. The van der Waals surface area contributed by atoms with E-state index in [9.17, 15) is 50.8 Å². The van der Waals surface area contributed by atoms with Crippen molar-refractivity contribution in [2.45, 2.75) is 188 Å². The van der Waals surface area contributed by atoms with Crippen molar-refractivity contribution in [3.8, 4) is 0 Å². The minimum Gasteiger partial charge on any atom is -0.458 e. The highest BCUT2D eigenvalue weighted by atomic mass is 16.8. The molecule has 18 nitrogen and oxygen atoms in total. The number of esters is 1. The quantitative estimate of drug-likeness (QED) is 0.0932. The van der Waals surface area contributed by atoms with E-state index in [0.717, 1.165) is 24.8 Å². The summed E-state index contributed by atoms with van der Waals surface area (Å²) in [5.74, 6) is -0.0533. The van der Waals surface area contributed by atoms with Crippen molar-refractivity contribution < 1.29 is 88.6 Å². The Morgan fingerprint density at radius 2 is 1.43 bits per heavy atom. The third-order valence-electron chi connectivity index (χ3n) is 16.6. The molecule has 4 aliphatic heterocycles. The topological polar surface area (TPSA) is 273 Å². The molecular formula is C42H66O18. The van der Waals surface area contributed by atoms with Crippen LogP contribution in [0.3, 0.4) is 0 Å². The second-order valence-corrected chi connectivity index (χ2v) is 19.4. The zero-order valence-electron chi connectivity index (χ0n) is 34.9. The van der Waals surface area contributed by atoms with Crippen LogP contribution in [0.15, 0.2) is 11.6 Å². The fourth-order valence-electron chi connectivity index (χ4n) is 12.9. The van der Waals surface area contributed by atoms with E-state index in [1.165, 1.54) is 7.11 Å². The molecule has 0 spiro atoms. The van der Waals surface area contributed by atoms with Crippen molar-refractivity contribution in [2.24, 2.45) is 28.6 Å². The maximum absolute atomic E-state index is 12.6. The van der Waals surface area contributed by atoms with Crippen molar-refractivity contribution in [3.63, 3.8) is 0 Å². The number of carbonyl (C=O) groups excluding carboxylic acids is 1. The number of ether oxygens (including phenoxy) is 8. The van der Waals surface area contributed by atoms with Crippen molar-refractivity contribution in [2.75, 3.05) is 26.9 Å². The predicted molar refractivity (Wildman–Crippen MR) is 203 cm³/mol. The number of hydrogen-bond donors (Lipinski definition) is 9. The Hall–Kier alpha value is -1.43. The monoisotopic (exact) mass is 858 g/mol. The van der Waals surface area contributed by atoms with Crippen molar-refractivity contribution >= 4 is 5.97 Å². The molecule has 22 atom stereocenters. The van der Waals surface area contributed by atoms with Crippen LogP contribution in [0.2, 0.25) is 0 Å². The summed E-state index contributed by atoms with van der Waals surface area (Å²) in [7, 11) is 1.50. The van der Waals surface area contributed by atoms with E-state index < -0.39 is 116 Å². The lowest BCUT2D eigenvalue weighted by Crippen LogP contribution is -2.67. The van der Waals surface area contributed by atoms with Gasteiger partial charge in [0, 0.05) is 31.4 Å². The maximum atomic E-state index is 12.6. The molecule has 0 amide bonds. The molecule has 18 heteroatoms. The fourth-order valence-corrected chi connectivity index (χ4v) is 12.9. The number of aliphatic hydroxyl groups is 9. The summed E-state index contributed by atoms with van der Waals surface area (Å²) in [5.41, 5.74) is -1.72. The van der Waals surface area contributed by atoms with E-state index in [1.807, 2.05) is 0 Å². The molecule has 4 aliphatic carbocycles. The van der Waals surface area contributed by atoms with Gasteiger partial charge in [0.25, 0.3) is 0 Å². The van der Waals surface area contributed by atoms with Gasteiger partial charge in [-0.2, -0.15) is 0 Å². The first kappa shape index (κ1) is 45.1. The van der Waals surface area contributed by atoms with Gasteiger partial charge >= 0.3 is 5.97 Å². The predicted octanol–water partition coefficient (Wildman–Crippen LogP) is -1.10.